The summed E-state index contributed by atoms with van der Waals surface area (Å²) in [6.07, 6.45) is 5.35. The van der Waals surface area contributed by atoms with Crippen LogP contribution in [0.5, 0.6) is 5.75 Å². The smallest absolute Gasteiger partial charge is 0.309 e. The number of carbonyl (C=O) groups is 3. The van der Waals surface area contributed by atoms with Gasteiger partial charge in [-0.2, -0.15) is 0 Å². The minimum absolute atomic E-state index is 0.152. The fraction of sp³-hybridized carbons (Fsp3) is 0.667. The van der Waals surface area contributed by atoms with E-state index in [2.05, 4.69) is 5.32 Å². The highest BCUT2D eigenvalue weighted by molar-refractivity contribution is 5.85. The molecule has 7 nitrogen and oxygen atoms in total. The van der Waals surface area contributed by atoms with Crippen molar-refractivity contribution in [2.45, 2.75) is 97.1 Å². The van der Waals surface area contributed by atoms with E-state index in [1.807, 2.05) is 58.0 Å². The summed E-state index contributed by atoms with van der Waals surface area (Å²) in [6.45, 7) is 7.86. The number of hydrogen-bond acceptors (Lipinski definition) is 5. The summed E-state index contributed by atoms with van der Waals surface area (Å²) < 4.78 is 11.4. The molecule has 0 aromatic heterocycles. The van der Waals surface area contributed by atoms with E-state index in [0.29, 0.717) is 44.5 Å². The van der Waals surface area contributed by atoms with Crippen LogP contribution in [0, 0.1) is 11.3 Å². The molecule has 34 heavy (non-hydrogen) atoms. The molecule has 0 aliphatic heterocycles. The minimum Gasteiger partial charge on any atom is -0.494 e. The van der Waals surface area contributed by atoms with Crippen LogP contribution < -0.4 is 10.1 Å². The second-order valence-corrected chi connectivity index (χ2v) is 10.4. The quantitative estimate of drug-likeness (QED) is 0.384. The molecule has 1 aromatic carbocycles. The van der Waals surface area contributed by atoms with Crippen molar-refractivity contribution >= 4 is 17.8 Å². The molecule has 1 aliphatic carbocycles. The lowest BCUT2D eigenvalue weighted by molar-refractivity contribution is -0.162. The maximum Gasteiger partial charge on any atom is 0.309 e. The highest BCUT2D eigenvalue weighted by Gasteiger charge is 2.45. The number of rotatable bonds is 13. The van der Waals surface area contributed by atoms with Gasteiger partial charge in [-0.25, -0.2) is 0 Å². The first-order valence-electron chi connectivity index (χ1n) is 12.5. The summed E-state index contributed by atoms with van der Waals surface area (Å²) >= 11 is 0. The fourth-order valence-corrected chi connectivity index (χ4v) is 4.69. The average molecular weight is 476 g/mol. The van der Waals surface area contributed by atoms with E-state index in [1.54, 1.807) is 0 Å². The molecule has 2 atom stereocenters. The molecule has 190 valence electrons. The molecule has 2 rings (SSSR count). The summed E-state index contributed by atoms with van der Waals surface area (Å²) in [4.78, 5) is 37.9. The van der Waals surface area contributed by atoms with Crippen molar-refractivity contribution in [2.24, 2.45) is 11.3 Å². The normalized spacial score (nSPS) is 16.9. The summed E-state index contributed by atoms with van der Waals surface area (Å²) in [5.41, 5.74) is -1.26. The van der Waals surface area contributed by atoms with E-state index < -0.39 is 23.0 Å². The van der Waals surface area contributed by atoms with Crippen LogP contribution in [0.25, 0.3) is 0 Å². The van der Waals surface area contributed by atoms with Crippen molar-refractivity contribution < 1.29 is 29.0 Å². The summed E-state index contributed by atoms with van der Waals surface area (Å²) in [7, 11) is 0. The Balaban J connectivity index is 2.09. The number of ether oxygens (including phenoxy) is 2. The van der Waals surface area contributed by atoms with Gasteiger partial charge in [0.2, 0.25) is 5.91 Å². The van der Waals surface area contributed by atoms with E-state index >= 15 is 0 Å². The maximum atomic E-state index is 13.5. The van der Waals surface area contributed by atoms with Crippen LogP contribution >= 0.6 is 0 Å². The largest absolute Gasteiger partial charge is 0.494 e. The molecule has 0 heterocycles. The molecule has 7 heteroatoms. The van der Waals surface area contributed by atoms with E-state index in [-0.39, 0.29) is 24.2 Å². The molecule has 1 saturated carbocycles. The number of carboxylic acid groups (broad SMARTS) is 1. The summed E-state index contributed by atoms with van der Waals surface area (Å²) in [5, 5.41) is 12.4. The van der Waals surface area contributed by atoms with Crippen LogP contribution in [0.2, 0.25) is 0 Å². The van der Waals surface area contributed by atoms with Gasteiger partial charge in [-0.05, 0) is 58.6 Å². The van der Waals surface area contributed by atoms with E-state index in [1.165, 1.54) is 0 Å². The van der Waals surface area contributed by atoms with Crippen LogP contribution in [-0.4, -0.2) is 41.2 Å². The lowest BCUT2D eigenvalue weighted by Gasteiger charge is -2.33. The van der Waals surface area contributed by atoms with Gasteiger partial charge in [0.15, 0.2) is 0 Å². The second kappa shape index (κ2) is 12.8. The lowest BCUT2D eigenvalue weighted by atomic mass is 9.75. The Morgan fingerprint density at radius 2 is 1.74 bits per heavy atom. The summed E-state index contributed by atoms with van der Waals surface area (Å²) in [6, 6.07) is 8.76. The predicted molar refractivity (Wildman–Crippen MR) is 130 cm³/mol. The molecule has 2 N–H and O–H groups in total. The highest BCUT2D eigenvalue weighted by Crippen LogP contribution is 2.45. The predicted octanol–water partition coefficient (Wildman–Crippen LogP) is 5.12. The van der Waals surface area contributed by atoms with Gasteiger partial charge < -0.3 is 19.9 Å². The van der Waals surface area contributed by atoms with Crippen molar-refractivity contribution in [3.63, 3.8) is 0 Å². The van der Waals surface area contributed by atoms with E-state index in [4.69, 9.17) is 9.47 Å². The molecule has 1 aliphatic rings. The Hall–Kier alpha value is -2.57. The van der Waals surface area contributed by atoms with Crippen molar-refractivity contribution in [3.05, 3.63) is 30.3 Å². The molecule has 0 radical (unpaired) electrons. The number of para-hydroxylation sites is 1. The zero-order chi connectivity index (χ0) is 25.2. The Labute approximate surface area is 203 Å². The Kier molecular flexibility index (Phi) is 10.4. The maximum absolute atomic E-state index is 13.5. The lowest BCUT2D eigenvalue weighted by Crippen LogP contribution is -2.47. The molecule has 0 unspecified atom stereocenters. The molecule has 1 aromatic rings. The van der Waals surface area contributed by atoms with Gasteiger partial charge in [0.05, 0.1) is 24.4 Å². The molecule has 1 amide bonds. The first-order chi connectivity index (χ1) is 16.0. The van der Waals surface area contributed by atoms with Crippen molar-refractivity contribution in [3.8, 4) is 5.75 Å². The highest BCUT2D eigenvalue weighted by atomic mass is 16.6. The number of esters is 1. The van der Waals surface area contributed by atoms with Crippen molar-refractivity contribution in [1.29, 1.82) is 0 Å². The third-order valence-corrected chi connectivity index (χ3v) is 6.29. The Bertz CT molecular complexity index is 795. The number of amides is 1. The number of benzene rings is 1. The molecule has 0 spiro atoms. The van der Waals surface area contributed by atoms with E-state index in [0.717, 1.165) is 19.3 Å². The third kappa shape index (κ3) is 8.99. The third-order valence-electron chi connectivity index (χ3n) is 6.29. The Morgan fingerprint density at radius 3 is 2.29 bits per heavy atom. The second-order valence-electron chi connectivity index (χ2n) is 10.4. The molecule has 1 fully saturated rings. The van der Waals surface area contributed by atoms with Crippen LogP contribution in [0.15, 0.2) is 30.3 Å². The van der Waals surface area contributed by atoms with Crippen LogP contribution in [0.4, 0.5) is 0 Å². The summed E-state index contributed by atoms with van der Waals surface area (Å²) in [5.74, 6) is -1.03. The number of carboxylic acids is 1. The fourth-order valence-electron chi connectivity index (χ4n) is 4.69. The van der Waals surface area contributed by atoms with Crippen molar-refractivity contribution in [1.82, 2.24) is 5.32 Å². The van der Waals surface area contributed by atoms with Gasteiger partial charge in [-0.3, -0.25) is 14.4 Å². The van der Waals surface area contributed by atoms with Gasteiger partial charge in [-0.1, -0.05) is 44.4 Å². The van der Waals surface area contributed by atoms with E-state index in [9.17, 15) is 19.5 Å². The molecule has 0 saturated heterocycles. The van der Waals surface area contributed by atoms with Gasteiger partial charge in [0.25, 0.3) is 0 Å². The average Bonchev–Trinajstić information content (AvgIpc) is 3.22. The minimum atomic E-state index is -0.969. The number of aliphatic carboxylic acids is 1. The van der Waals surface area contributed by atoms with Crippen LogP contribution in [-0.2, 0) is 19.1 Å². The number of hydrogen-bond donors (Lipinski definition) is 2. The zero-order valence-corrected chi connectivity index (χ0v) is 21.1. The molecular formula is C27H41NO6. The standard InChI is InChI=1S/C27H41NO6/c1-5-11-20(24(31)34-26(2,3)4)19-27(15-9-10-16-27)25(32)28-21(18-23(29)30)14-17-33-22-12-7-6-8-13-22/h6-8,12-13,20-21H,5,9-11,14-19H2,1-4H3,(H,28,32)(H,29,30)/t20-,21+/m0/s1. The van der Waals surface area contributed by atoms with Crippen molar-refractivity contribution in [2.75, 3.05) is 6.61 Å². The molecule has 0 bridgehead atoms. The number of nitrogens with one attached hydrogen (secondary N) is 1. The van der Waals surface area contributed by atoms with Crippen LogP contribution in [0.3, 0.4) is 0 Å². The SMILES string of the molecule is CCC[C@@H](CC1(C(=O)N[C@H](CCOc2ccccc2)CC(=O)O)CCCC1)C(=O)OC(C)(C)C. The first kappa shape index (κ1) is 27.7. The monoisotopic (exact) mass is 475 g/mol. The first-order valence-corrected chi connectivity index (χ1v) is 12.5. The van der Waals surface area contributed by atoms with Gasteiger partial charge >= 0.3 is 11.9 Å². The van der Waals surface area contributed by atoms with Gasteiger partial charge in [0.1, 0.15) is 11.4 Å². The zero-order valence-electron chi connectivity index (χ0n) is 21.1. The van der Waals surface area contributed by atoms with Gasteiger partial charge in [-0.15, -0.1) is 0 Å². The van der Waals surface area contributed by atoms with Gasteiger partial charge in [0, 0.05) is 12.5 Å². The topological polar surface area (TPSA) is 102 Å². The molecular weight excluding hydrogens is 434 g/mol. The Morgan fingerprint density at radius 1 is 1.09 bits per heavy atom. The van der Waals surface area contributed by atoms with Crippen LogP contribution in [0.1, 0.15) is 85.5 Å². The number of carbonyl (C=O) groups excluding carboxylic acids is 2.